The molecule has 0 spiro atoms. The summed E-state index contributed by atoms with van der Waals surface area (Å²) in [6.07, 6.45) is 3.62. The van der Waals surface area contributed by atoms with Gasteiger partial charge in [-0.2, -0.15) is 0 Å². The third-order valence-corrected chi connectivity index (χ3v) is 3.51. The van der Waals surface area contributed by atoms with Crippen LogP contribution in [0.4, 0.5) is 0 Å². The smallest absolute Gasteiger partial charge is 0.130 e. The maximum atomic E-state index is 11.1. The van der Waals surface area contributed by atoms with Crippen LogP contribution in [0, 0.1) is 0 Å². The van der Waals surface area contributed by atoms with E-state index in [1.165, 1.54) is 22.0 Å². The van der Waals surface area contributed by atoms with E-state index in [9.17, 15) is 4.79 Å². The quantitative estimate of drug-likeness (QED) is 0.800. The fraction of sp³-hybridized carbons (Fsp3) is 0.438. The molecule has 1 heterocycles. The Hall–Kier alpha value is -1.57. The molecule has 1 aromatic carbocycles. The number of hydrogen-bond donors (Lipinski definition) is 0. The SMILES string of the molecule is CC(=O)CCc1cn(C)c2ccc(C(C)C)cc12. The molecular formula is C16H21NO. The number of nitrogens with zero attached hydrogens (tertiary/aromatic N) is 1. The van der Waals surface area contributed by atoms with Crippen LogP contribution >= 0.6 is 0 Å². The zero-order valence-electron chi connectivity index (χ0n) is 11.7. The summed E-state index contributed by atoms with van der Waals surface area (Å²) in [6.45, 7) is 6.07. The molecule has 2 nitrogen and oxygen atoms in total. The average molecular weight is 243 g/mol. The molecule has 0 saturated heterocycles. The van der Waals surface area contributed by atoms with Crippen molar-refractivity contribution in [3.8, 4) is 0 Å². The second-order valence-corrected chi connectivity index (χ2v) is 5.40. The van der Waals surface area contributed by atoms with Crippen LogP contribution in [0.2, 0.25) is 0 Å². The zero-order chi connectivity index (χ0) is 13.3. The molecule has 0 N–H and O–H groups in total. The standard InChI is InChI=1S/C16H21NO/c1-11(2)13-7-8-16-15(9-13)14(10-17(16)4)6-5-12(3)18/h7-11H,5-6H2,1-4H3. The summed E-state index contributed by atoms with van der Waals surface area (Å²) in [5.41, 5.74) is 3.89. The maximum Gasteiger partial charge on any atom is 0.130 e. The van der Waals surface area contributed by atoms with Gasteiger partial charge in [0.25, 0.3) is 0 Å². The van der Waals surface area contributed by atoms with Crippen LogP contribution in [0.1, 0.15) is 44.2 Å². The van der Waals surface area contributed by atoms with E-state index in [0.29, 0.717) is 12.3 Å². The number of benzene rings is 1. The number of carbonyl (C=O) groups is 1. The van der Waals surface area contributed by atoms with Gasteiger partial charge in [-0.3, -0.25) is 0 Å². The number of fused-ring (bicyclic) bond motifs is 1. The molecular weight excluding hydrogens is 222 g/mol. The molecule has 0 amide bonds. The summed E-state index contributed by atoms with van der Waals surface area (Å²) in [6, 6.07) is 6.65. The van der Waals surface area contributed by atoms with Gasteiger partial charge in [-0.15, -0.1) is 0 Å². The van der Waals surface area contributed by atoms with Crippen LogP contribution in [-0.4, -0.2) is 10.4 Å². The first-order valence-corrected chi connectivity index (χ1v) is 6.56. The number of Topliss-reactive ketones (excluding diaryl/α,β-unsaturated/α-hetero) is 1. The molecule has 2 heteroatoms. The molecule has 0 aliphatic carbocycles. The first kappa shape index (κ1) is 12.9. The molecule has 0 atom stereocenters. The lowest BCUT2D eigenvalue weighted by Gasteiger charge is -2.06. The Balaban J connectivity index is 2.45. The summed E-state index contributed by atoms with van der Waals surface area (Å²) in [5, 5.41) is 1.30. The minimum atomic E-state index is 0.256. The van der Waals surface area contributed by atoms with Gasteiger partial charge < -0.3 is 9.36 Å². The molecule has 0 fully saturated rings. The third-order valence-electron chi connectivity index (χ3n) is 3.51. The Bertz CT molecular complexity index is 578. The summed E-state index contributed by atoms with van der Waals surface area (Å²) in [4.78, 5) is 11.1. The van der Waals surface area contributed by atoms with E-state index in [0.717, 1.165) is 6.42 Å². The van der Waals surface area contributed by atoms with Crippen molar-refractivity contribution in [2.45, 2.75) is 39.5 Å². The van der Waals surface area contributed by atoms with Crippen molar-refractivity contribution in [3.05, 3.63) is 35.5 Å². The number of carbonyl (C=O) groups excluding carboxylic acids is 1. The molecule has 2 rings (SSSR count). The number of aromatic nitrogens is 1. The number of hydrogen-bond acceptors (Lipinski definition) is 1. The van der Waals surface area contributed by atoms with Gasteiger partial charge >= 0.3 is 0 Å². The normalized spacial score (nSPS) is 11.4. The molecule has 0 unspecified atom stereocenters. The minimum Gasteiger partial charge on any atom is -0.350 e. The highest BCUT2D eigenvalue weighted by atomic mass is 16.1. The average Bonchev–Trinajstić information content (AvgIpc) is 2.63. The van der Waals surface area contributed by atoms with Crippen molar-refractivity contribution in [3.63, 3.8) is 0 Å². The second kappa shape index (κ2) is 4.97. The Morgan fingerprint density at radius 3 is 2.67 bits per heavy atom. The van der Waals surface area contributed by atoms with Crippen molar-refractivity contribution in [1.82, 2.24) is 4.57 Å². The van der Waals surface area contributed by atoms with Gasteiger partial charge in [-0.05, 0) is 42.5 Å². The van der Waals surface area contributed by atoms with Crippen LogP contribution in [0.15, 0.2) is 24.4 Å². The number of rotatable bonds is 4. The fourth-order valence-electron chi connectivity index (χ4n) is 2.36. The Morgan fingerprint density at radius 2 is 2.06 bits per heavy atom. The van der Waals surface area contributed by atoms with E-state index in [4.69, 9.17) is 0 Å². The van der Waals surface area contributed by atoms with E-state index in [1.807, 2.05) is 0 Å². The molecule has 0 aliphatic rings. The highest BCUT2D eigenvalue weighted by Crippen LogP contribution is 2.26. The van der Waals surface area contributed by atoms with Crippen LogP contribution in [0.25, 0.3) is 10.9 Å². The fourth-order valence-corrected chi connectivity index (χ4v) is 2.36. The Kier molecular flexibility index (Phi) is 3.55. The van der Waals surface area contributed by atoms with Crippen molar-refractivity contribution in [2.75, 3.05) is 0 Å². The van der Waals surface area contributed by atoms with Crippen LogP contribution in [-0.2, 0) is 18.3 Å². The highest BCUT2D eigenvalue weighted by molar-refractivity contribution is 5.85. The summed E-state index contributed by atoms with van der Waals surface area (Å²) < 4.78 is 2.15. The lowest BCUT2D eigenvalue weighted by atomic mass is 9.99. The third kappa shape index (κ3) is 2.47. The predicted octanol–water partition coefficient (Wildman–Crippen LogP) is 3.82. The van der Waals surface area contributed by atoms with Gasteiger partial charge in [0.05, 0.1) is 0 Å². The lowest BCUT2D eigenvalue weighted by Crippen LogP contribution is -1.93. The van der Waals surface area contributed by atoms with E-state index in [-0.39, 0.29) is 5.78 Å². The van der Waals surface area contributed by atoms with Crippen molar-refractivity contribution in [1.29, 1.82) is 0 Å². The van der Waals surface area contributed by atoms with Crippen LogP contribution in [0.5, 0.6) is 0 Å². The summed E-state index contributed by atoms with van der Waals surface area (Å²) in [7, 11) is 2.06. The van der Waals surface area contributed by atoms with Gasteiger partial charge in [0, 0.05) is 30.6 Å². The molecule has 0 radical (unpaired) electrons. The van der Waals surface area contributed by atoms with E-state index in [1.54, 1.807) is 6.92 Å². The summed E-state index contributed by atoms with van der Waals surface area (Å²) in [5.74, 6) is 0.794. The molecule has 2 aromatic rings. The highest BCUT2D eigenvalue weighted by Gasteiger charge is 2.09. The molecule has 96 valence electrons. The van der Waals surface area contributed by atoms with Gasteiger partial charge in [0.1, 0.15) is 5.78 Å². The Morgan fingerprint density at radius 1 is 1.33 bits per heavy atom. The van der Waals surface area contributed by atoms with Gasteiger partial charge in [-0.25, -0.2) is 0 Å². The van der Waals surface area contributed by atoms with Crippen molar-refractivity contribution < 1.29 is 4.79 Å². The largest absolute Gasteiger partial charge is 0.350 e. The van der Waals surface area contributed by atoms with Gasteiger partial charge in [0.15, 0.2) is 0 Å². The second-order valence-electron chi connectivity index (χ2n) is 5.40. The van der Waals surface area contributed by atoms with Crippen LogP contribution in [0.3, 0.4) is 0 Å². The number of aryl methyl sites for hydroxylation is 2. The minimum absolute atomic E-state index is 0.256. The van der Waals surface area contributed by atoms with E-state index in [2.05, 4.69) is 49.9 Å². The Labute approximate surface area is 109 Å². The van der Waals surface area contributed by atoms with Crippen LogP contribution < -0.4 is 0 Å². The zero-order valence-corrected chi connectivity index (χ0v) is 11.7. The summed E-state index contributed by atoms with van der Waals surface area (Å²) >= 11 is 0. The molecule has 0 saturated carbocycles. The topological polar surface area (TPSA) is 22.0 Å². The molecule has 1 aromatic heterocycles. The maximum absolute atomic E-state index is 11.1. The van der Waals surface area contributed by atoms with Crippen molar-refractivity contribution in [2.24, 2.45) is 7.05 Å². The molecule has 0 bridgehead atoms. The predicted molar refractivity (Wildman–Crippen MR) is 76.0 cm³/mol. The number of ketones is 1. The van der Waals surface area contributed by atoms with Gasteiger partial charge in [-0.1, -0.05) is 19.9 Å². The molecule has 18 heavy (non-hydrogen) atoms. The molecule has 0 aliphatic heterocycles. The van der Waals surface area contributed by atoms with Gasteiger partial charge in [0.2, 0.25) is 0 Å². The first-order chi connectivity index (χ1) is 8.49. The monoisotopic (exact) mass is 243 g/mol. The van der Waals surface area contributed by atoms with E-state index >= 15 is 0 Å². The van der Waals surface area contributed by atoms with E-state index < -0.39 is 0 Å². The lowest BCUT2D eigenvalue weighted by molar-refractivity contribution is -0.116. The van der Waals surface area contributed by atoms with Crippen molar-refractivity contribution >= 4 is 16.7 Å². The first-order valence-electron chi connectivity index (χ1n) is 6.56.